The molecule has 4 heteroatoms. The minimum Gasteiger partial charge on any atom is -0.381 e. The van der Waals surface area contributed by atoms with Crippen LogP contribution in [-0.2, 0) is 17.6 Å². The normalized spacial score (nSPS) is 19.1. The van der Waals surface area contributed by atoms with Gasteiger partial charge in [-0.3, -0.25) is 0 Å². The Morgan fingerprint density at radius 2 is 2.28 bits per heavy atom. The van der Waals surface area contributed by atoms with Gasteiger partial charge in [0.1, 0.15) is 11.6 Å². The fourth-order valence-electron chi connectivity index (χ4n) is 2.17. The van der Waals surface area contributed by atoms with E-state index in [9.17, 15) is 0 Å². The number of hydrogen-bond acceptors (Lipinski definition) is 4. The highest BCUT2D eigenvalue weighted by atomic mass is 16.5. The Kier molecular flexibility index (Phi) is 4.93. The van der Waals surface area contributed by atoms with Gasteiger partial charge in [-0.05, 0) is 25.2 Å². The average Bonchev–Trinajstić information content (AvgIpc) is 2.89. The zero-order valence-electron chi connectivity index (χ0n) is 11.4. The summed E-state index contributed by atoms with van der Waals surface area (Å²) in [6.07, 6.45) is 4.14. The largest absolute Gasteiger partial charge is 0.381 e. The van der Waals surface area contributed by atoms with Crippen LogP contribution in [0.5, 0.6) is 0 Å². The van der Waals surface area contributed by atoms with Crippen LogP contribution in [0.2, 0.25) is 0 Å². The molecule has 1 aliphatic rings. The van der Waals surface area contributed by atoms with E-state index in [4.69, 9.17) is 4.74 Å². The van der Waals surface area contributed by atoms with Gasteiger partial charge in [0.25, 0.3) is 0 Å². The second kappa shape index (κ2) is 6.69. The van der Waals surface area contributed by atoms with Crippen molar-refractivity contribution in [2.75, 3.05) is 25.1 Å². The van der Waals surface area contributed by atoms with Crippen LogP contribution in [-0.4, -0.2) is 29.7 Å². The van der Waals surface area contributed by atoms with Gasteiger partial charge >= 0.3 is 0 Å². The molecule has 100 valence electrons. The third kappa shape index (κ3) is 3.67. The highest BCUT2D eigenvalue weighted by Crippen LogP contribution is 2.18. The van der Waals surface area contributed by atoms with Gasteiger partial charge < -0.3 is 10.1 Å². The van der Waals surface area contributed by atoms with Gasteiger partial charge in [0.05, 0.1) is 0 Å². The van der Waals surface area contributed by atoms with Gasteiger partial charge in [0.15, 0.2) is 0 Å². The number of nitrogens with one attached hydrogen (secondary N) is 1. The number of anilines is 1. The first kappa shape index (κ1) is 13.3. The van der Waals surface area contributed by atoms with Crippen molar-refractivity contribution in [1.29, 1.82) is 0 Å². The molecular weight excluding hydrogens is 226 g/mol. The number of aromatic nitrogens is 2. The molecule has 1 fully saturated rings. The molecule has 1 aromatic rings. The average molecular weight is 249 g/mol. The zero-order chi connectivity index (χ0) is 12.8. The minimum absolute atomic E-state index is 0.594. The predicted molar refractivity (Wildman–Crippen MR) is 72.8 cm³/mol. The molecule has 1 saturated heterocycles. The topological polar surface area (TPSA) is 47.0 Å². The zero-order valence-corrected chi connectivity index (χ0v) is 11.4. The van der Waals surface area contributed by atoms with E-state index in [1.807, 2.05) is 0 Å². The van der Waals surface area contributed by atoms with Crippen molar-refractivity contribution in [3.05, 3.63) is 17.6 Å². The van der Waals surface area contributed by atoms with Crippen LogP contribution in [0.15, 0.2) is 6.07 Å². The van der Waals surface area contributed by atoms with E-state index in [1.54, 1.807) is 0 Å². The highest BCUT2D eigenvalue weighted by molar-refractivity contribution is 5.36. The molecule has 0 spiro atoms. The Bertz CT molecular complexity index is 375. The summed E-state index contributed by atoms with van der Waals surface area (Å²) < 4.78 is 5.41. The summed E-state index contributed by atoms with van der Waals surface area (Å²) in [5.74, 6) is 2.53. The van der Waals surface area contributed by atoms with Gasteiger partial charge in [-0.25, -0.2) is 9.97 Å². The van der Waals surface area contributed by atoms with Crippen molar-refractivity contribution in [3.8, 4) is 0 Å². The minimum atomic E-state index is 0.594. The summed E-state index contributed by atoms with van der Waals surface area (Å²) in [6, 6.07) is 2.06. The summed E-state index contributed by atoms with van der Waals surface area (Å²) in [5.41, 5.74) is 1.12. The molecular formula is C14H23N3O. The fraction of sp³-hybridized carbons (Fsp3) is 0.714. The molecule has 0 amide bonds. The smallest absolute Gasteiger partial charge is 0.131 e. The number of rotatable bonds is 6. The third-order valence-corrected chi connectivity index (χ3v) is 3.24. The molecule has 0 radical (unpaired) electrons. The lowest BCUT2D eigenvalue weighted by Gasteiger charge is -2.11. The Hall–Kier alpha value is -1.16. The molecule has 0 aliphatic carbocycles. The van der Waals surface area contributed by atoms with Crippen molar-refractivity contribution in [3.63, 3.8) is 0 Å². The Morgan fingerprint density at radius 1 is 1.39 bits per heavy atom. The molecule has 1 aromatic heterocycles. The lowest BCUT2D eigenvalue weighted by Crippen LogP contribution is -2.11. The molecule has 1 N–H and O–H groups in total. The maximum absolute atomic E-state index is 5.41. The van der Waals surface area contributed by atoms with E-state index in [1.165, 1.54) is 0 Å². The first-order chi connectivity index (χ1) is 8.81. The van der Waals surface area contributed by atoms with E-state index in [0.717, 1.165) is 62.8 Å². The SMILES string of the molecule is CCCNc1cc(CC)nc(CC2CCOC2)n1. The van der Waals surface area contributed by atoms with E-state index >= 15 is 0 Å². The fourth-order valence-corrected chi connectivity index (χ4v) is 2.17. The van der Waals surface area contributed by atoms with E-state index in [2.05, 4.69) is 35.2 Å². The third-order valence-electron chi connectivity index (χ3n) is 3.24. The summed E-state index contributed by atoms with van der Waals surface area (Å²) in [5, 5.41) is 3.35. The Morgan fingerprint density at radius 3 is 2.94 bits per heavy atom. The molecule has 4 nitrogen and oxygen atoms in total. The summed E-state index contributed by atoms with van der Waals surface area (Å²) in [4.78, 5) is 9.22. The lowest BCUT2D eigenvalue weighted by molar-refractivity contribution is 0.185. The van der Waals surface area contributed by atoms with Gasteiger partial charge in [-0.1, -0.05) is 13.8 Å². The second-order valence-electron chi connectivity index (χ2n) is 4.87. The molecule has 0 saturated carbocycles. The first-order valence-electron chi connectivity index (χ1n) is 7.00. The van der Waals surface area contributed by atoms with Crippen molar-refractivity contribution in [1.82, 2.24) is 9.97 Å². The van der Waals surface area contributed by atoms with Crippen LogP contribution in [0.3, 0.4) is 0 Å². The molecule has 2 heterocycles. The molecule has 1 atom stereocenters. The van der Waals surface area contributed by atoms with E-state index in [0.29, 0.717) is 5.92 Å². The summed E-state index contributed by atoms with van der Waals surface area (Å²) in [6.45, 7) is 7.00. The van der Waals surface area contributed by atoms with Crippen LogP contribution < -0.4 is 5.32 Å². The van der Waals surface area contributed by atoms with Crippen LogP contribution in [0, 0.1) is 5.92 Å². The van der Waals surface area contributed by atoms with Crippen molar-refractivity contribution in [2.45, 2.75) is 39.5 Å². The van der Waals surface area contributed by atoms with Gasteiger partial charge in [-0.2, -0.15) is 0 Å². The Balaban J connectivity index is 2.06. The molecule has 0 bridgehead atoms. The predicted octanol–water partition coefficient (Wildman–Crippen LogP) is 2.44. The second-order valence-corrected chi connectivity index (χ2v) is 4.87. The molecule has 1 aliphatic heterocycles. The Labute approximate surface area is 109 Å². The molecule has 2 rings (SSSR count). The monoisotopic (exact) mass is 249 g/mol. The molecule has 0 aromatic carbocycles. The summed E-state index contributed by atoms with van der Waals surface area (Å²) in [7, 11) is 0. The standard InChI is InChI=1S/C14H23N3O/c1-3-6-15-13-9-12(4-2)16-14(17-13)8-11-5-7-18-10-11/h9,11H,3-8,10H2,1-2H3,(H,15,16,17). The molecule has 18 heavy (non-hydrogen) atoms. The van der Waals surface area contributed by atoms with Crippen molar-refractivity contribution < 1.29 is 4.74 Å². The highest BCUT2D eigenvalue weighted by Gasteiger charge is 2.18. The van der Waals surface area contributed by atoms with Crippen LogP contribution in [0.25, 0.3) is 0 Å². The number of hydrogen-bond donors (Lipinski definition) is 1. The maximum Gasteiger partial charge on any atom is 0.131 e. The van der Waals surface area contributed by atoms with E-state index < -0.39 is 0 Å². The summed E-state index contributed by atoms with van der Waals surface area (Å²) >= 11 is 0. The van der Waals surface area contributed by atoms with Crippen molar-refractivity contribution >= 4 is 5.82 Å². The van der Waals surface area contributed by atoms with Crippen LogP contribution >= 0.6 is 0 Å². The van der Waals surface area contributed by atoms with E-state index in [-0.39, 0.29) is 0 Å². The molecule has 1 unspecified atom stereocenters. The number of aryl methyl sites for hydroxylation is 1. The van der Waals surface area contributed by atoms with Crippen LogP contribution in [0.4, 0.5) is 5.82 Å². The number of nitrogens with zero attached hydrogens (tertiary/aromatic N) is 2. The first-order valence-corrected chi connectivity index (χ1v) is 7.00. The van der Waals surface area contributed by atoms with Gasteiger partial charge in [-0.15, -0.1) is 0 Å². The van der Waals surface area contributed by atoms with Crippen molar-refractivity contribution in [2.24, 2.45) is 5.92 Å². The lowest BCUT2D eigenvalue weighted by atomic mass is 10.0. The maximum atomic E-state index is 5.41. The number of ether oxygens (including phenoxy) is 1. The van der Waals surface area contributed by atoms with Crippen LogP contribution in [0.1, 0.15) is 38.2 Å². The quantitative estimate of drug-likeness (QED) is 0.841. The van der Waals surface area contributed by atoms with Gasteiger partial charge in [0.2, 0.25) is 0 Å². The van der Waals surface area contributed by atoms with Gasteiger partial charge in [0, 0.05) is 37.9 Å².